The van der Waals surface area contributed by atoms with Gasteiger partial charge in [0.1, 0.15) is 24.4 Å². The van der Waals surface area contributed by atoms with Crippen LogP contribution in [0.2, 0.25) is 0 Å². The van der Waals surface area contributed by atoms with E-state index in [0.717, 1.165) is 57.8 Å². The molecule has 0 aromatic heterocycles. The number of carbonyl (C=O) groups is 1. The molecule has 68 heavy (non-hydrogen) atoms. The van der Waals surface area contributed by atoms with Gasteiger partial charge >= 0.3 is 0 Å². The Hall–Kier alpha value is -1.59. The quantitative estimate of drug-likeness (QED) is 0.0261. The number of aliphatic hydroxyl groups excluding tert-OH is 5. The monoisotopic (exact) mass is 962 g/mol. The average Bonchev–Trinajstić information content (AvgIpc) is 3.34. The van der Waals surface area contributed by atoms with Crippen molar-refractivity contribution in [2.75, 3.05) is 13.2 Å². The van der Waals surface area contributed by atoms with Crippen molar-refractivity contribution in [3.05, 3.63) is 36.5 Å². The molecule has 0 aliphatic carbocycles. The third-order valence-electron chi connectivity index (χ3n) is 13.9. The van der Waals surface area contributed by atoms with Crippen LogP contribution in [0.15, 0.2) is 36.5 Å². The molecule has 0 spiro atoms. The zero-order chi connectivity index (χ0) is 49.4. The Morgan fingerprint density at radius 1 is 0.485 bits per heavy atom. The van der Waals surface area contributed by atoms with Gasteiger partial charge in [-0.25, -0.2) is 0 Å². The van der Waals surface area contributed by atoms with Crippen LogP contribution < -0.4 is 5.32 Å². The van der Waals surface area contributed by atoms with Crippen molar-refractivity contribution in [1.82, 2.24) is 5.32 Å². The van der Waals surface area contributed by atoms with E-state index in [2.05, 4.69) is 43.5 Å². The smallest absolute Gasteiger partial charge is 0.220 e. The lowest BCUT2D eigenvalue weighted by atomic mass is 9.99. The Bertz CT molecular complexity index is 1160. The molecule has 7 atom stereocenters. The molecule has 9 nitrogen and oxygen atoms in total. The highest BCUT2D eigenvalue weighted by Gasteiger charge is 2.44. The Kier molecular flexibility index (Phi) is 46.4. The molecule has 9 heteroatoms. The Balaban J connectivity index is 2.14. The van der Waals surface area contributed by atoms with Gasteiger partial charge in [0, 0.05) is 6.42 Å². The first kappa shape index (κ1) is 64.4. The lowest BCUT2D eigenvalue weighted by Crippen LogP contribution is -2.60. The fourth-order valence-corrected chi connectivity index (χ4v) is 9.29. The molecule has 1 aliphatic heterocycles. The molecule has 1 amide bonds. The van der Waals surface area contributed by atoms with Crippen LogP contribution >= 0.6 is 0 Å². The molecule has 1 fully saturated rings. The highest BCUT2D eigenvalue weighted by atomic mass is 16.7. The van der Waals surface area contributed by atoms with E-state index in [9.17, 15) is 30.3 Å². The molecule has 7 unspecified atom stereocenters. The van der Waals surface area contributed by atoms with Gasteiger partial charge in [-0.15, -0.1) is 0 Å². The van der Waals surface area contributed by atoms with Crippen LogP contribution in [-0.4, -0.2) is 87.5 Å². The first-order chi connectivity index (χ1) is 33.3. The second kappa shape index (κ2) is 49.0. The van der Waals surface area contributed by atoms with Crippen LogP contribution in [0.4, 0.5) is 0 Å². The van der Waals surface area contributed by atoms with Crippen LogP contribution in [0.25, 0.3) is 0 Å². The summed E-state index contributed by atoms with van der Waals surface area (Å²) in [6, 6.07) is -0.825. The van der Waals surface area contributed by atoms with E-state index in [1.807, 2.05) is 6.08 Å². The molecular formula is C59H111NO8. The summed E-state index contributed by atoms with van der Waals surface area (Å²) in [5, 5.41) is 54.3. The van der Waals surface area contributed by atoms with E-state index in [1.165, 1.54) is 199 Å². The second-order valence-corrected chi connectivity index (χ2v) is 20.4. The fourth-order valence-electron chi connectivity index (χ4n) is 9.29. The molecule has 1 saturated heterocycles. The molecule has 400 valence electrons. The summed E-state index contributed by atoms with van der Waals surface area (Å²) in [5.41, 5.74) is 0. The highest BCUT2D eigenvalue weighted by molar-refractivity contribution is 5.76. The number of aliphatic hydroxyl groups is 5. The first-order valence-electron chi connectivity index (χ1n) is 29.2. The van der Waals surface area contributed by atoms with Gasteiger partial charge in [-0.3, -0.25) is 4.79 Å². The predicted octanol–water partition coefficient (Wildman–Crippen LogP) is 14.4. The SMILES string of the molecule is CCCCC/C=C\CCCCCCCC(=O)NC(COC1OC(CO)C(O)C(O)C1O)C(O)/C=C/CC/C=C/CCCCCCCCCCCCCCCCCCCCCCCCCCCCC. The Labute approximate surface area is 419 Å². The normalized spacial score (nSPS) is 19.8. The standard InChI is InChI=1S/C59H111NO8/c1-3-5-7-9-11-13-15-17-18-19-20-21-22-23-24-25-26-27-28-29-30-31-32-33-34-35-36-37-38-40-42-44-46-48-53(62)52(51-67-59-58(66)57(65)56(64)54(50-61)68-59)60-55(63)49-47-45-43-41-39-16-14-12-10-8-6-4-2/h12,14,38,40,46,48,52-54,56-59,61-62,64-66H,3-11,13,15-37,39,41-45,47,49-51H2,1-2H3,(H,60,63)/b14-12-,40-38+,48-46+. The van der Waals surface area contributed by atoms with Gasteiger partial charge in [0.2, 0.25) is 5.91 Å². The minimum Gasteiger partial charge on any atom is -0.394 e. The summed E-state index contributed by atoms with van der Waals surface area (Å²) in [4.78, 5) is 13.0. The zero-order valence-electron chi connectivity index (χ0n) is 44.4. The van der Waals surface area contributed by atoms with Gasteiger partial charge in [0.15, 0.2) is 6.29 Å². The second-order valence-electron chi connectivity index (χ2n) is 20.4. The molecule has 6 N–H and O–H groups in total. The topological polar surface area (TPSA) is 149 Å². The van der Waals surface area contributed by atoms with Crippen LogP contribution in [-0.2, 0) is 14.3 Å². The van der Waals surface area contributed by atoms with Crippen molar-refractivity contribution in [3.8, 4) is 0 Å². The third kappa shape index (κ3) is 38.1. The van der Waals surface area contributed by atoms with Crippen LogP contribution in [0.3, 0.4) is 0 Å². The molecule has 0 bridgehead atoms. The number of rotatable bonds is 50. The van der Waals surface area contributed by atoms with E-state index in [4.69, 9.17) is 9.47 Å². The zero-order valence-corrected chi connectivity index (χ0v) is 44.4. The molecule has 1 rings (SSSR count). The van der Waals surface area contributed by atoms with E-state index in [0.29, 0.717) is 6.42 Å². The molecule has 0 saturated carbocycles. The highest BCUT2D eigenvalue weighted by Crippen LogP contribution is 2.23. The molecule has 0 radical (unpaired) electrons. The van der Waals surface area contributed by atoms with Gasteiger partial charge in [0.05, 0.1) is 25.4 Å². The number of amides is 1. The maximum Gasteiger partial charge on any atom is 0.220 e. The molecule has 1 aliphatic rings. The van der Waals surface area contributed by atoms with Gasteiger partial charge in [-0.2, -0.15) is 0 Å². The Morgan fingerprint density at radius 2 is 0.838 bits per heavy atom. The number of allylic oxidation sites excluding steroid dienone is 5. The summed E-state index contributed by atoms with van der Waals surface area (Å²) >= 11 is 0. The van der Waals surface area contributed by atoms with E-state index in [1.54, 1.807) is 6.08 Å². The summed E-state index contributed by atoms with van der Waals surface area (Å²) < 4.78 is 11.2. The largest absolute Gasteiger partial charge is 0.394 e. The van der Waals surface area contributed by atoms with Crippen molar-refractivity contribution in [1.29, 1.82) is 0 Å². The fraction of sp³-hybridized carbons (Fsp3) is 0.881. The van der Waals surface area contributed by atoms with Crippen LogP contribution in [0, 0.1) is 0 Å². The number of nitrogens with one attached hydrogen (secondary N) is 1. The predicted molar refractivity (Wildman–Crippen MR) is 286 cm³/mol. The van der Waals surface area contributed by atoms with Gasteiger partial charge < -0.3 is 40.3 Å². The van der Waals surface area contributed by atoms with Crippen molar-refractivity contribution < 1.29 is 39.8 Å². The maximum absolute atomic E-state index is 13.0. The summed E-state index contributed by atoms with van der Waals surface area (Å²) in [6.07, 6.45) is 56.7. The molecular weight excluding hydrogens is 851 g/mol. The number of hydrogen-bond acceptors (Lipinski definition) is 8. The van der Waals surface area contributed by atoms with Crippen molar-refractivity contribution >= 4 is 5.91 Å². The summed E-state index contributed by atoms with van der Waals surface area (Å²) in [7, 11) is 0. The Morgan fingerprint density at radius 3 is 1.26 bits per heavy atom. The maximum atomic E-state index is 13.0. The lowest BCUT2D eigenvalue weighted by Gasteiger charge is -2.40. The first-order valence-corrected chi connectivity index (χ1v) is 29.2. The van der Waals surface area contributed by atoms with Crippen molar-refractivity contribution in [2.24, 2.45) is 0 Å². The summed E-state index contributed by atoms with van der Waals surface area (Å²) in [5.74, 6) is -0.195. The molecule has 0 aromatic carbocycles. The van der Waals surface area contributed by atoms with Gasteiger partial charge in [-0.1, -0.05) is 249 Å². The minimum absolute atomic E-state index is 0.195. The minimum atomic E-state index is -1.57. The number of ether oxygens (including phenoxy) is 2. The molecule has 0 aromatic rings. The van der Waals surface area contributed by atoms with Gasteiger partial charge in [0.25, 0.3) is 0 Å². The van der Waals surface area contributed by atoms with Crippen LogP contribution in [0.5, 0.6) is 0 Å². The van der Waals surface area contributed by atoms with Gasteiger partial charge in [-0.05, 0) is 57.8 Å². The van der Waals surface area contributed by atoms with E-state index >= 15 is 0 Å². The number of unbranched alkanes of at least 4 members (excludes halogenated alkanes) is 36. The van der Waals surface area contributed by atoms with Crippen molar-refractivity contribution in [2.45, 2.75) is 320 Å². The number of hydrogen-bond donors (Lipinski definition) is 6. The third-order valence-corrected chi connectivity index (χ3v) is 13.9. The number of carbonyl (C=O) groups excluding carboxylic acids is 1. The van der Waals surface area contributed by atoms with Crippen molar-refractivity contribution in [3.63, 3.8) is 0 Å². The average molecular weight is 963 g/mol. The summed E-state index contributed by atoms with van der Waals surface area (Å²) in [6.45, 7) is 3.75. The van der Waals surface area contributed by atoms with E-state index in [-0.39, 0.29) is 12.5 Å². The lowest BCUT2D eigenvalue weighted by molar-refractivity contribution is -0.302. The van der Waals surface area contributed by atoms with E-state index < -0.39 is 49.5 Å². The van der Waals surface area contributed by atoms with Crippen LogP contribution in [0.1, 0.15) is 277 Å². The molecule has 1 heterocycles.